The van der Waals surface area contributed by atoms with Gasteiger partial charge in [0.2, 0.25) is 11.8 Å². The van der Waals surface area contributed by atoms with Gasteiger partial charge in [-0.25, -0.2) is 4.98 Å². The zero-order chi connectivity index (χ0) is 10.8. The lowest BCUT2D eigenvalue weighted by Gasteiger charge is -2.19. The highest BCUT2D eigenvalue weighted by molar-refractivity contribution is 6.31. The van der Waals surface area contributed by atoms with E-state index in [2.05, 4.69) is 15.9 Å². The first kappa shape index (κ1) is 10.6. The summed E-state index contributed by atoms with van der Waals surface area (Å²) in [6.07, 6.45) is 6.62. The fraction of sp³-hybridized carbons (Fsp3) is 0.333. The van der Waals surface area contributed by atoms with E-state index in [1.165, 1.54) is 6.20 Å². The Morgan fingerprint density at radius 1 is 1.64 bits per heavy atom. The molecule has 1 aromatic rings. The van der Waals surface area contributed by atoms with E-state index in [1.54, 1.807) is 13.8 Å². The molecule has 0 aliphatic heterocycles. The fourth-order valence-electron chi connectivity index (χ4n) is 0.707. The number of nitrogens with zero attached hydrogens (tertiary/aromatic N) is 2. The van der Waals surface area contributed by atoms with Crippen LogP contribution in [0.5, 0.6) is 5.88 Å². The van der Waals surface area contributed by atoms with E-state index in [0.29, 0.717) is 0 Å². The van der Waals surface area contributed by atoms with E-state index in [-0.39, 0.29) is 16.9 Å². The van der Waals surface area contributed by atoms with Crippen molar-refractivity contribution in [1.29, 1.82) is 0 Å². The summed E-state index contributed by atoms with van der Waals surface area (Å²) in [5.41, 5.74) is 4.60. The first-order valence-electron chi connectivity index (χ1n) is 3.89. The molecule has 0 amide bonds. The number of ether oxygens (including phenoxy) is 1. The van der Waals surface area contributed by atoms with Crippen LogP contribution in [0.25, 0.3) is 0 Å². The molecule has 0 atom stereocenters. The molecule has 1 heterocycles. The van der Waals surface area contributed by atoms with Gasteiger partial charge in [0.1, 0.15) is 5.02 Å². The third kappa shape index (κ3) is 2.51. The molecule has 4 nitrogen and oxygen atoms in total. The molecule has 0 unspecified atom stereocenters. The molecule has 0 saturated carbocycles. The summed E-state index contributed by atoms with van der Waals surface area (Å²) in [5.74, 6) is 2.75. The smallest absolute Gasteiger partial charge is 0.239 e. The molecule has 0 fully saturated rings. The van der Waals surface area contributed by atoms with Crippen LogP contribution in [0.3, 0.4) is 0 Å². The Bertz CT molecular complexity index is 384. The number of aromatic nitrogens is 2. The van der Waals surface area contributed by atoms with Crippen molar-refractivity contribution in [3.05, 3.63) is 11.2 Å². The Balaban J connectivity index is 2.98. The summed E-state index contributed by atoms with van der Waals surface area (Å²) in [6, 6.07) is 0. The second kappa shape index (κ2) is 3.72. The van der Waals surface area contributed by atoms with E-state index in [0.717, 1.165) is 0 Å². The minimum Gasteiger partial charge on any atom is -0.457 e. The number of nitrogens with two attached hydrogens (primary N) is 1. The first-order valence-corrected chi connectivity index (χ1v) is 4.27. The van der Waals surface area contributed by atoms with Gasteiger partial charge in [0.15, 0.2) is 5.60 Å². The summed E-state index contributed by atoms with van der Waals surface area (Å²) in [6.45, 7) is 3.45. The van der Waals surface area contributed by atoms with E-state index in [4.69, 9.17) is 28.5 Å². The Kier molecular flexibility index (Phi) is 2.82. The van der Waals surface area contributed by atoms with Gasteiger partial charge in [0.05, 0.1) is 6.20 Å². The van der Waals surface area contributed by atoms with Crippen LogP contribution in [0.2, 0.25) is 5.02 Å². The second-order valence-electron chi connectivity index (χ2n) is 3.14. The molecule has 0 aromatic carbocycles. The van der Waals surface area contributed by atoms with Crippen molar-refractivity contribution in [1.82, 2.24) is 9.97 Å². The van der Waals surface area contributed by atoms with Crippen LogP contribution in [-0.2, 0) is 0 Å². The van der Waals surface area contributed by atoms with Crippen molar-refractivity contribution in [2.45, 2.75) is 19.4 Å². The minimum atomic E-state index is -0.773. The van der Waals surface area contributed by atoms with Crippen molar-refractivity contribution in [3.63, 3.8) is 0 Å². The van der Waals surface area contributed by atoms with Crippen LogP contribution in [0.1, 0.15) is 13.8 Å². The summed E-state index contributed by atoms with van der Waals surface area (Å²) in [5, 5.41) is 0.280. The number of hydrogen-bond acceptors (Lipinski definition) is 4. The Labute approximate surface area is 87.5 Å². The van der Waals surface area contributed by atoms with Crippen LogP contribution >= 0.6 is 11.6 Å². The van der Waals surface area contributed by atoms with E-state index in [9.17, 15) is 0 Å². The number of rotatable bonds is 2. The zero-order valence-electron chi connectivity index (χ0n) is 7.91. The molecule has 0 radical (unpaired) electrons. The maximum atomic E-state index is 5.79. The molecular formula is C9H10ClN3O. The van der Waals surface area contributed by atoms with Crippen molar-refractivity contribution >= 4 is 17.5 Å². The van der Waals surface area contributed by atoms with E-state index in [1.807, 2.05) is 0 Å². The van der Waals surface area contributed by atoms with Crippen molar-refractivity contribution < 1.29 is 4.74 Å². The largest absolute Gasteiger partial charge is 0.457 e. The molecule has 1 aromatic heterocycles. The summed E-state index contributed by atoms with van der Waals surface area (Å²) < 4.78 is 5.36. The van der Waals surface area contributed by atoms with Gasteiger partial charge in [0, 0.05) is 0 Å². The lowest BCUT2D eigenvalue weighted by Crippen LogP contribution is -2.26. The number of nitrogen functional groups attached to an aromatic ring is 1. The van der Waals surface area contributed by atoms with Gasteiger partial charge in [-0.05, 0) is 13.8 Å². The Morgan fingerprint density at radius 3 is 2.86 bits per heavy atom. The molecule has 74 valence electrons. The molecule has 0 saturated heterocycles. The standard InChI is InChI=1S/C9H10ClN3O/c1-4-9(2,3)14-7-6(10)5-12-8(11)13-7/h1,5H,2-3H3,(H2,11,12,13). The minimum absolute atomic E-state index is 0.0946. The van der Waals surface area contributed by atoms with Gasteiger partial charge < -0.3 is 10.5 Å². The number of anilines is 1. The monoisotopic (exact) mass is 211 g/mol. The SMILES string of the molecule is C#CC(C)(C)Oc1nc(N)ncc1Cl. The summed E-state index contributed by atoms with van der Waals surface area (Å²) in [7, 11) is 0. The molecular weight excluding hydrogens is 202 g/mol. The van der Waals surface area contributed by atoms with Crippen LogP contribution in [0, 0.1) is 12.3 Å². The molecule has 2 N–H and O–H groups in total. The summed E-state index contributed by atoms with van der Waals surface area (Å²) >= 11 is 5.79. The quantitative estimate of drug-likeness (QED) is 0.754. The zero-order valence-corrected chi connectivity index (χ0v) is 8.67. The Morgan fingerprint density at radius 2 is 2.29 bits per heavy atom. The van der Waals surface area contributed by atoms with Gasteiger partial charge in [-0.2, -0.15) is 4.98 Å². The molecule has 1 rings (SSSR count). The van der Waals surface area contributed by atoms with Gasteiger partial charge in [-0.15, -0.1) is 6.42 Å². The average Bonchev–Trinajstić information content (AvgIpc) is 2.11. The van der Waals surface area contributed by atoms with Gasteiger partial charge >= 0.3 is 0 Å². The maximum Gasteiger partial charge on any atom is 0.239 e. The predicted molar refractivity (Wildman–Crippen MR) is 55.0 cm³/mol. The molecule has 0 aliphatic rings. The highest BCUT2D eigenvalue weighted by atomic mass is 35.5. The molecule has 0 bridgehead atoms. The topological polar surface area (TPSA) is 61.0 Å². The average molecular weight is 212 g/mol. The van der Waals surface area contributed by atoms with Crippen molar-refractivity contribution in [3.8, 4) is 18.2 Å². The highest BCUT2D eigenvalue weighted by Crippen LogP contribution is 2.24. The molecule has 0 aliphatic carbocycles. The van der Waals surface area contributed by atoms with Gasteiger partial charge in [-0.3, -0.25) is 0 Å². The maximum absolute atomic E-state index is 5.79. The van der Waals surface area contributed by atoms with Crippen molar-refractivity contribution in [2.24, 2.45) is 0 Å². The predicted octanol–water partition coefficient (Wildman–Crippen LogP) is 1.50. The van der Waals surface area contributed by atoms with E-state index >= 15 is 0 Å². The first-order chi connectivity index (χ1) is 6.44. The van der Waals surface area contributed by atoms with Crippen LogP contribution in [-0.4, -0.2) is 15.6 Å². The summed E-state index contributed by atoms with van der Waals surface area (Å²) in [4.78, 5) is 7.52. The fourth-order valence-corrected chi connectivity index (χ4v) is 0.837. The van der Waals surface area contributed by atoms with Crippen molar-refractivity contribution in [2.75, 3.05) is 5.73 Å². The van der Waals surface area contributed by atoms with Crippen LogP contribution in [0.4, 0.5) is 5.95 Å². The third-order valence-corrected chi connectivity index (χ3v) is 1.69. The number of terminal acetylenes is 1. The lowest BCUT2D eigenvalue weighted by atomic mass is 10.1. The molecule has 5 heteroatoms. The van der Waals surface area contributed by atoms with Crippen LogP contribution in [0.15, 0.2) is 6.20 Å². The number of hydrogen-bond donors (Lipinski definition) is 1. The number of halogens is 1. The lowest BCUT2D eigenvalue weighted by molar-refractivity contribution is 0.165. The molecule has 0 spiro atoms. The third-order valence-electron chi connectivity index (χ3n) is 1.43. The molecule has 14 heavy (non-hydrogen) atoms. The second-order valence-corrected chi connectivity index (χ2v) is 3.55. The van der Waals surface area contributed by atoms with Gasteiger partial charge in [-0.1, -0.05) is 17.5 Å². The van der Waals surface area contributed by atoms with E-state index < -0.39 is 5.60 Å². The Hall–Kier alpha value is -1.47. The normalized spacial score (nSPS) is 10.7. The highest BCUT2D eigenvalue weighted by Gasteiger charge is 2.18. The van der Waals surface area contributed by atoms with Gasteiger partial charge in [0.25, 0.3) is 0 Å². The van der Waals surface area contributed by atoms with Crippen LogP contribution < -0.4 is 10.5 Å².